The number of fused-ring (bicyclic) bond motifs is 2. The van der Waals surface area contributed by atoms with Gasteiger partial charge in [-0.25, -0.2) is 4.39 Å². The number of rotatable bonds is 4. The summed E-state index contributed by atoms with van der Waals surface area (Å²) < 4.78 is 55.4. The molecule has 172 valence electrons. The second-order valence-corrected chi connectivity index (χ2v) is 8.09. The van der Waals surface area contributed by atoms with E-state index in [1.165, 1.54) is 24.3 Å². The number of carbonyl (C=O) groups excluding carboxylic acids is 1. The molecule has 1 aliphatic heterocycles. The Labute approximate surface area is 192 Å². The smallest absolute Gasteiger partial charge is 0.361 e. The van der Waals surface area contributed by atoms with Gasteiger partial charge in [0, 0.05) is 34.6 Å². The molecule has 1 aliphatic rings. The third kappa shape index (κ3) is 4.07. The van der Waals surface area contributed by atoms with Gasteiger partial charge in [0.25, 0.3) is 5.91 Å². The number of hydrogen-bond donors (Lipinski definition) is 1. The fraction of sp³-hybridized carbons (Fsp3) is 0.154. The number of nitrogens with zero attached hydrogens (tertiary/aromatic N) is 2. The highest BCUT2D eigenvalue weighted by Gasteiger charge is 2.39. The van der Waals surface area contributed by atoms with E-state index < -0.39 is 30.5 Å². The molecule has 0 radical (unpaired) electrons. The minimum absolute atomic E-state index is 0.0493. The highest BCUT2D eigenvalue weighted by atomic mass is 19.4. The quantitative estimate of drug-likeness (QED) is 0.388. The Hall–Kier alpha value is -3.94. The Morgan fingerprint density at radius 1 is 0.912 bits per heavy atom. The van der Waals surface area contributed by atoms with Gasteiger partial charge >= 0.3 is 6.18 Å². The van der Waals surface area contributed by atoms with Crippen LogP contribution in [0.25, 0.3) is 10.9 Å². The summed E-state index contributed by atoms with van der Waals surface area (Å²) in [4.78, 5) is 21.9. The topological polar surface area (TPSA) is 48.5 Å². The zero-order valence-electron chi connectivity index (χ0n) is 17.8. The number of anilines is 1. The molecule has 5 rings (SSSR count). The zero-order valence-corrected chi connectivity index (χ0v) is 17.8. The van der Waals surface area contributed by atoms with Crippen LogP contribution >= 0.6 is 0 Å². The number of carbonyl (C=O) groups is 1. The van der Waals surface area contributed by atoms with Crippen molar-refractivity contribution in [1.82, 2.24) is 4.98 Å². The largest absolute Gasteiger partial charge is 0.406 e. The fourth-order valence-electron chi connectivity index (χ4n) is 4.34. The maximum atomic E-state index is 14.8. The van der Waals surface area contributed by atoms with E-state index in [9.17, 15) is 22.4 Å². The Balaban J connectivity index is 1.69. The van der Waals surface area contributed by atoms with Crippen molar-refractivity contribution >= 4 is 28.2 Å². The van der Waals surface area contributed by atoms with Gasteiger partial charge in [-0.3, -0.25) is 9.79 Å². The van der Waals surface area contributed by atoms with Gasteiger partial charge in [-0.1, -0.05) is 48.5 Å². The number of aliphatic imine (C=N–C) groups is 1. The van der Waals surface area contributed by atoms with Crippen LogP contribution in [0.1, 0.15) is 16.7 Å². The number of benzodiazepines with no additional fused rings is 1. The third-order valence-corrected chi connectivity index (χ3v) is 5.84. The molecule has 0 aliphatic carbocycles. The van der Waals surface area contributed by atoms with Crippen molar-refractivity contribution in [3.8, 4) is 0 Å². The Morgan fingerprint density at radius 3 is 2.35 bits per heavy atom. The van der Waals surface area contributed by atoms with E-state index in [0.717, 1.165) is 16.5 Å². The summed E-state index contributed by atoms with van der Waals surface area (Å²) in [7, 11) is 0. The Morgan fingerprint density at radius 2 is 1.59 bits per heavy atom. The highest BCUT2D eigenvalue weighted by molar-refractivity contribution is 6.20. The monoisotopic (exact) mass is 465 g/mol. The van der Waals surface area contributed by atoms with E-state index in [-0.39, 0.29) is 28.9 Å². The van der Waals surface area contributed by atoms with Gasteiger partial charge in [0.2, 0.25) is 0 Å². The van der Waals surface area contributed by atoms with Crippen LogP contribution in [0.3, 0.4) is 0 Å². The van der Waals surface area contributed by atoms with E-state index in [0.29, 0.717) is 4.90 Å². The molecule has 0 spiro atoms. The first-order valence-corrected chi connectivity index (χ1v) is 10.7. The predicted octanol–water partition coefficient (Wildman–Crippen LogP) is 5.66. The number of aromatic amines is 1. The van der Waals surface area contributed by atoms with Gasteiger partial charge in [0.15, 0.2) is 0 Å². The summed E-state index contributed by atoms with van der Waals surface area (Å²) in [5.41, 5.74) is 2.17. The minimum Gasteiger partial charge on any atom is -0.361 e. The number of amides is 1. The van der Waals surface area contributed by atoms with Crippen molar-refractivity contribution in [2.24, 2.45) is 4.99 Å². The zero-order chi connectivity index (χ0) is 23.9. The van der Waals surface area contributed by atoms with Crippen LogP contribution in [0.5, 0.6) is 0 Å². The van der Waals surface area contributed by atoms with Crippen LogP contribution in [-0.2, 0) is 11.2 Å². The molecule has 0 saturated carbocycles. The molecule has 1 unspecified atom stereocenters. The maximum absolute atomic E-state index is 14.8. The van der Waals surface area contributed by atoms with Crippen LogP contribution in [0.2, 0.25) is 0 Å². The lowest BCUT2D eigenvalue weighted by atomic mass is 9.99. The minimum atomic E-state index is -4.63. The van der Waals surface area contributed by atoms with E-state index in [1.807, 2.05) is 24.3 Å². The number of para-hydroxylation sites is 2. The first-order valence-electron chi connectivity index (χ1n) is 10.7. The number of benzene rings is 3. The van der Waals surface area contributed by atoms with Crippen LogP contribution in [-0.4, -0.2) is 35.4 Å². The van der Waals surface area contributed by atoms with Gasteiger partial charge in [-0.05, 0) is 29.8 Å². The van der Waals surface area contributed by atoms with Crippen molar-refractivity contribution in [1.29, 1.82) is 0 Å². The number of H-pyrrole nitrogens is 1. The number of aromatic nitrogens is 1. The van der Waals surface area contributed by atoms with E-state index in [1.54, 1.807) is 30.5 Å². The molecule has 34 heavy (non-hydrogen) atoms. The lowest BCUT2D eigenvalue weighted by molar-refractivity contribution is -0.133. The highest BCUT2D eigenvalue weighted by Crippen LogP contribution is 2.33. The molecule has 1 atom stereocenters. The SMILES string of the molecule is O=C1C(Cc2c[nH]c3ccccc23)N=C(c2ccccc2F)c2ccccc2N1CC(F)(F)F. The summed E-state index contributed by atoms with van der Waals surface area (Å²) >= 11 is 0. The normalized spacial score (nSPS) is 16.4. The van der Waals surface area contributed by atoms with E-state index in [2.05, 4.69) is 9.98 Å². The second-order valence-electron chi connectivity index (χ2n) is 8.09. The average molecular weight is 465 g/mol. The lowest BCUT2D eigenvalue weighted by Gasteiger charge is -2.26. The molecular formula is C26H19F4N3O. The maximum Gasteiger partial charge on any atom is 0.406 e. The molecule has 0 fully saturated rings. The molecule has 0 bridgehead atoms. The van der Waals surface area contributed by atoms with Crippen LogP contribution < -0.4 is 4.90 Å². The standard InChI is InChI=1S/C26H19F4N3O/c27-20-10-4-1-8-18(20)24-19-9-3-6-12-23(19)33(15-26(28,29)30)25(34)22(32-24)13-16-14-31-21-11-5-2-7-17(16)21/h1-12,14,22,31H,13,15H2. The number of halogens is 4. The molecule has 8 heteroatoms. The van der Waals surface area contributed by atoms with Gasteiger partial charge in [-0.15, -0.1) is 0 Å². The first kappa shape index (κ1) is 21.9. The van der Waals surface area contributed by atoms with Crippen LogP contribution in [0.4, 0.5) is 23.2 Å². The third-order valence-electron chi connectivity index (χ3n) is 5.84. The van der Waals surface area contributed by atoms with Crippen LogP contribution in [0.15, 0.2) is 84.0 Å². The molecule has 2 heterocycles. The van der Waals surface area contributed by atoms with Crippen LogP contribution in [0, 0.1) is 5.82 Å². The van der Waals surface area contributed by atoms with Gasteiger partial charge in [0.1, 0.15) is 18.4 Å². The van der Waals surface area contributed by atoms with Crippen molar-refractivity contribution < 1.29 is 22.4 Å². The average Bonchev–Trinajstić information content (AvgIpc) is 3.18. The van der Waals surface area contributed by atoms with Gasteiger partial charge < -0.3 is 9.88 Å². The molecule has 0 saturated heterocycles. The molecule has 1 amide bonds. The Bertz CT molecular complexity index is 1410. The molecule has 1 aromatic heterocycles. The number of nitrogens with one attached hydrogen (secondary N) is 1. The summed E-state index contributed by atoms with van der Waals surface area (Å²) in [6.07, 6.45) is -2.85. The summed E-state index contributed by atoms with van der Waals surface area (Å²) in [6.45, 7) is -1.46. The summed E-state index contributed by atoms with van der Waals surface area (Å²) in [5, 5.41) is 0.849. The number of hydrogen-bond acceptors (Lipinski definition) is 2. The molecule has 4 nitrogen and oxygen atoms in total. The van der Waals surface area contributed by atoms with E-state index in [4.69, 9.17) is 0 Å². The predicted molar refractivity (Wildman–Crippen MR) is 123 cm³/mol. The van der Waals surface area contributed by atoms with Gasteiger partial charge in [0.05, 0.1) is 11.4 Å². The van der Waals surface area contributed by atoms with Crippen molar-refractivity contribution in [2.75, 3.05) is 11.4 Å². The molecular weight excluding hydrogens is 446 g/mol. The van der Waals surface area contributed by atoms with Gasteiger partial charge in [-0.2, -0.15) is 13.2 Å². The van der Waals surface area contributed by atoms with E-state index >= 15 is 0 Å². The number of alkyl halides is 3. The van der Waals surface area contributed by atoms with Crippen molar-refractivity contribution in [3.05, 3.63) is 102 Å². The van der Waals surface area contributed by atoms with Crippen molar-refractivity contribution in [2.45, 2.75) is 18.6 Å². The Kier molecular flexibility index (Phi) is 5.43. The fourth-order valence-corrected chi connectivity index (χ4v) is 4.34. The lowest BCUT2D eigenvalue weighted by Crippen LogP contribution is -2.44. The summed E-state index contributed by atoms with van der Waals surface area (Å²) in [6, 6.07) is 18.3. The second kappa shape index (κ2) is 8.44. The molecule has 3 aromatic carbocycles. The van der Waals surface area contributed by atoms with Crippen molar-refractivity contribution in [3.63, 3.8) is 0 Å². The molecule has 1 N–H and O–H groups in total. The first-order chi connectivity index (χ1) is 16.3. The molecule has 4 aromatic rings. The summed E-state index contributed by atoms with van der Waals surface area (Å²) in [5.74, 6) is -1.36.